The number of aryl methyl sites for hydroxylation is 2. The van der Waals surface area contributed by atoms with Gasteiger partial charge in [0.05, 0.1) is 23.2 Å². The standard InChI is InChI=1S/C24H33N3O4S/c1-5-9-25-21(29)17-16-12-15(4)24(32-16)18(17)23(31)27(10-11-28)20(24)22(30)26-19-13(2)7-6-8-14(19)3/h6-8,15-18,20,28H,5,9-12H2,1-4H3,(H,25,29)(H,26,30)/t15?,16-,17+,18+,20?,24?/m1/s1. The first kappa shape index (κ1) is 23.1. The number of carbonyl (C=O) groups is 3. The lowest BCUT2D eigenvalue weighted by atomic mass is 9.66. The van der Waals surface area contributed by atoms with Crippen molar-refractivity contribution >= 4 is 35.2 Å². The Morgan fingerprint density at radius 1 is 1.25 bits per heavy atom. The summed E-state index contributed by atoms with van der Waals surface area (Å²) in [6.45, 7) is 8.42. The molecule has 7 nitrogen and oxygen atoms in total. The van der Waals surface area contributed by atoms with Gasteiger partial charge in [0.1, 0.15) is 6.04 Å². The first-order valence-electron chi connectivity index (χ1n) is 11.5. The minimum Gasteiger partial charge on any atom is -0.395 e. The van der Waals surface area contributed by atoms with E-state index in [9.17, 15) is 19.5 Å². The smallest absolute Gasteiger partial charge is 0.248 e. The molecule has 0 radical (unpaired) electrons. The molecule has 4 rings (SSSR count). The van der Waals surface area contributed by atoms with E-state index in [2.05, 4.69) is 17.6 Å². The van der Waals surface area contributed by atoms with Gasteiger partial charge in [0.15, 0.2) is 0 Å². The Morgan fingerprint density at radius 3 is 2.56 bits per heavy atom. The molecule has 0 saturated carbocycles. The summed E-state index contributed by atoms with van der Waals surface area (Å²) in [5.41, 5.74) is 2.67. The van der Waals surface area contributed by atoms with Crippen LogP contribution in [0.15, 0.2) is 18.2 Å². The number of rotatable bonds is 7. The van der Waals surface area contributed by atoms with E-state index in [1.54, 1.807) is 11.8 Å². The predicted octanol–water partition coefficient (Wildman–Crippen LogP) is 2.10. The molecule has 3 aliphatic heterocycles. The number of hydrogen-bond acceptors (Lipinski definition) is 5. The van der Waals surface area contributed by atoms with Crippen molar-refractivity contribution in [3.63, 3.8) is 0 Å². The van der Waals surface area contributed by atoms with Crippen LogP contribution in [0, 0.1) is 31.6 Å². The number of aliphatic hydroxyl groups excluding tert-OH is 1. The number of aliphatic hydroxyl groups is 1. The predicted molar refractivity (Wildman–Crippen MR) is 125 cm³/mol. The number of anilines is 1. The maximum atomic E-state index is 13.8. The average Bonchev–Trinajstić information content (AvgIpc) is 3.33. The third-order valence-corrected chi connectivity index (χ3v) is 9.49. The molecule has 3 heterocycles. The molecule has 8 heteroatoms. The second kappa shape index (κ2) is 8.71. The largest absolute Gasteiger partial charge is 0.395 e. The summed E-state index contributed by atoms with van der Waals surface area (Å²) in [6, 6.07) is 5.12. The van der Waals surface area contributed by atoms with E-state index < -0.39 is 22.6 Å². The van der Waals surface area contributed by atoms with Crippen LogP contribution < -0.4 is 10.6 Å². The maximum Gasteiger partial charge on any atom is 0.248 e. The fraction of sp³-hybridized carbons (Fsp3) is 0.625. The Bertz CT molecular complexity index is 918. The van der Waals surface area contributed by atoms with Crippen molar-refractivity contribution in [2.75, 3.05) is 25.0 Å². The molecule has 1 aromatic rings. The lowest BCUT2D eigenvalue weighted by Gasteiger charge is -2.38. The highest BCUT2D eigenvalue weighted by atomic mass is 32.2. The van der Waals surface area contributed by atoms with Crippen molar-refractivity contribution in [2.24, 2.45) is 17.8 Å². The first-order chi connectivity index (χ1) is 15.3. The summed E-state index contributed by atoms with van der Waals surface area (Å²) < 4.78 is -0.661. The molecule has 3 amide bonds. The van der Waals surface area contributed by atoms with Gasteiger partial charge in [-0.15, -0.1) is 11.8 Å². The van der Waals surface area contributed by atoms with Crippen LogP contribution in [0.25, 0.3) is 0 Å². The molecule has 174 valence electrons. The van der Waals surface area contributed by atoms with E-state index in [0.717, 1.165) is 29.7 Å². The van der Waals surface area contributed by atoms with Crippen LogP contribution >= 0.6 is 11.8 Å². The Balaban J connectivity index is 1.72. The lowest BCUT2D eigenvalue weighted by Crippen LogP contribution is -2.55. The molecule has 0 aromatic heterocycles. The van der Waals surface area contributed by atoms with Gasteiger partial charge in [0, 0.05) is 24.0 Å². The number of para-hydroxylation sites is 1. The molecule has 3 N–H and O–H groups in total. The van der Waals surface area contributed by atoms with Gasteiger partial charge in [-0.25, -0.2) is 0 Å². The molecular weight excluding hydrogens is 426 g/mol. The lowest BCUT2D eigenvalue weighted by molar-refractivity contribution is -0.139. The van der Waals surface area contributed by atoms with Crippen LogP contribution in [0.4, 0.5) is 5.69 Å². The number of carbonyl (C=O) groups excluding carboxylic acids is 3. The first-order valence-corrected chi connectivity index (χ1v) is 12.4. The van der Waals surface area contributed by atoms with Crippen molar-refractivity contribution in [2.45, 2.75) is 56.6 Å². The van der Waals surface area contributed by atoms with Gasteiger partial charge in [-0.3, -0.25) is 14.4 Å². The van der Waals surface area contributed by atoms with E-state index in [4.69, 9.17) is 0 Å². The highest BCUT2D eigenvalue weighted by Gasteiger charge is 2.75. The normalized spacial score (nSPS) is 32.8. The molecule has 1 spiro atoms. The molecule has 3 saturated heterocycles. The Kier molecular flexibility index (Phi) is 6.29. The summed E-state index contributed by atoms with van der Waals surface area (Å²) >= 11 is 1.65. The number of hydrogen-bond donors (Lipinski definition) is 3. The van der Waals surface area contributed by atoms with Gasteiger partial charge in [0.25, 0.3) is 0 Å². The zero-order valence-corrected chi connectivity index (χ0v) is 20.0. The average molecular weight is 460 g/mol. The number of thioether (sulfide) groups is 1. The van der Waals surface area contributed by atoms with Crippen LogP contribution in [0.5, 0.6) is 0 Å². The van der Waals surface area contributed by atoms with Crippen LogP contribution in [0.2, 0.25) is 0 Å². The SMILES string of the molecule is CCCNC(=O)[C@@H]1[C@H]2C(=O)N(CCO)C(C(=O)Nc3c(C)cccc3C)C23S[C@@H]1CC3C. The Hall–Kier alpha value is -2.06. The number of likely N-dealkylation sites (tertiary alicyclic amines) is 1. The fourth-order valence-corrected chi connectivity index (χ4v) is 8.46. The number of nitrogens with one attached hydrogen (secondary N) is 2. The van der Waals surface area contributed by atoms with Crippen LogP contribution in [-0.4, -0.2) is 63.5 Å². The monoisotopic (exact) mass is 459 g/mol. The van der Waals surface area contributed by atoms with Crippen LogP contribution in [-0.2, 0) is 14.4 Å². The molecule has 2 bridgehead atoms. The summed E-state index contributed by atoms with van der Waals surface area (Å²) in [6.07, 6.45) is 1.63. The summed E-state index contributed by atoms with van der Waals surface area (Å²) in [5.74, 6) is -1.37. The molecule has 3 fully saturated rings. The highest BCUT2D eigenvalue weighted by molar-refractivity contribution is 8.02. The van der Waals surface area contributed by atoms with E-state index in [-0.39, 0.29) is 42.0 Å². The molecule has 3 aliphatic rings. The summed E-state index contributed by atoms with van der Waals surface area (Å²) in [7, 11) is 0. The van der Waals surface area contributed by atoms with Crippen LogP contribution in [0.1, 0.15) is 37.8 Å². The van der Waals surface area contributed by atoms with Crippen molar-refractivity contribution in [3.8, 4) is 0 Å². The van der Waals surface area contributed by atoms with Gasteiger partial charge >= 0.3 is 0 Å². The Labute approximate surface area is 193 Å². The topological polar surface area (TPSA) is 98.7 Å². The Morgan fingerprint density at radius 2 is 1.94 bits per heavy atom. The third-order valence-electron chi connectivity index (χ3n) is 7.42. The van der Waals surface area contributed by atoms with E-state index >= 15 is 0 Å². The number of benzene rings is 1. The van der Waals surface area contributed by atoms with Gasteiger partial charge in [0.2, 0.25) is 17.7 Å². The zero-order valence-electron chi connectivity index (χ0n) is 19.2. The van der Waals surface area contributed by atoms with Gasteiger partial charge in [-0.1, -0.05) is 32.0 Å². The minimum atomic E-state index is -0.722. The number of amides is 3. The molecular formula is C24H33N3O4S. The molecule has 32 heavy (non-hydrogen) atoms. The maximum absolute atomic E-state index is 13.8. The molecule has 3 unspecified atom stereocenters. The van der Waals surface area contributed by atoms with Crippen LogP contribution in [0.3, 0.4) is 0 Å². The quantitative estimate of drug-likeness (QED) is 0.580. The fourth-order valence-electron chi connectivity index (χ4n) is 6.04. The number of fused-ring (bicyclic) bond motifs is 1. The zero-order chi connectivity index (χ0) is 23.2. The second-order valence-corrected chi connectivity index (χ2v) is 10.9. The minimum absolute atomic E-state index is 0.0302. The van der Waals surface area contributed by atoms with Gasteiger partial charge in [-0.2, -0.15) is 0 Å². The third kappa shape index (κ3) is 3.34. The van der Waals surface area contributed by atoms with Crippen molar-refractivity contribution in [1.82, 2.24) is 10.2 Å². The van der Waals surface area contributed by atoms with E-state index in [1.165, 1.54) is 4.90 Å². The molecule has 1 aromatic carbocycles. The van der Waals surface area contributed by atoms with E-state index in [0.29, 0.717) is 6.54 Å². The highest BCUT2D eigenvalue weighted by Crippen LogP contribution is 2.68. The van der Waals surface area contributed by atoms with Gasteiger partial charge in [-0.05, 0) is 43.7 Å². The summed E-state index contributed by atoms with van der Waals surface area (Å²) in [4.78, 5) is 42.0. The van der Waals surface area contributed by atoms with Crippen molar-refractivity contribution in [3.05, 3.63) is 29.3 Å². The summed E-state index contributed by atoms with van der Waals surface area (Å²) in [5, 5.41) is 15.8. The van der Waals surface area contributed by atoms with E-state index in [1.807, 2.05) is 39.0 Å². The number of nitrogens with zero attached hydrogens (tertiary/aromatic N) is 1. The second-order valence-electron chi connectivity index (χ2n) is 9.35. The molecule has 6 atom stereocenters. The molecule has 0 aliphatic carbocycles. The van der Waals surface area contributed by atoms with Gasteiger partial charge < -0.3 is 20.6 Å². The van der Waals surface area contributed by atoms with Crippen molar-refractivity contribution < 1.29 is 19.5 Å². The van der Waals surface area contributed by atoms with Crippen molar-refractivity contribution in [1.29, 1.82) is 0 Å². The number of β-amino-alcohol motifs (C(OH)–C–C–N with tert-alkyl or cyclic N) is 1.